The summed E-state index contributed by atoms with van der Waals surface area (Å²) in [6, 6.07) is 10.1. The molecule has 0 bridgehead atoms. The lowest BCUT2D eigenvalue weighted by Crippen LogP contribution is -2.54. The van der Waals surface area contributed by atoms with Crippen molar-refractivity contribution in [2.24, 2.45) is 63.1 Å². The second kappa shape index (κ2) is 17.4. The molecule has 7 fully saturated rings. The molecule has 328 valence electrons. The number of carboxylic acid groups (broad SMARTS) is 1. The number of carboxylic acids is 1. The summed E-state index contributed by atoms with van der Waals surface area (Å²) in [6.45, 7) is 13.0. The van der Waals surface area contributed by atoms with Crippen LogP contribution in [-0.4, -0.2) is 54.0 Å². The average Bonchev–Trinajstić information content (AvgIpc) is 4.15. The molecular formula is C51H76O8. The van der Waals surface area contributed by atoms with E-state index in [2.05, 4.69) is 46.8 Å². The molecule has 8 heteroatoms. The summed E-state index contributed by atoms with van der Waals surface area (Å²) in [6.07, 6.45) is 18.7. The molecule has 0 amide bonds. The van der Waals surface area contributed by atoms with Crippen molar-refractivity contribution in [1.29, 1.82) is 0 Å². The third kappa shape index (κ3) is 8.80. The maximum Gasteiger partial charge on any atom is 0.332 e. The van der Waals surface area contributed by atoms with Gasteiger partial charge in [-0.3, -0.25) is 9.59 Å². The van der Waals surface area contributed by atoms with Gasteiger partial charge in [-0.2, -0.15) is 0 Å². The van der Waals surface area contributed by atoms with E-state index in [0.29, 0.717) is 23.4 Å². The van der Waals surface area contributed by atoms with E-state index in [1.165, 1.54) is 64.2 Å². The van der Waals surface area contributed by atoms with Crippen molar-refractivity contribution in [3.05, 3.63) is 35.9 Å². The molecule has 7 aliphatic rings. The largest absolute Gasteiger partial charge is 0.481 e. The van der Waals surface area contributed by atoms with Crippen molar-refractivity contribution in [2.75, 3.05) is 6.61 Å². The lowest BCUT2D eigenvalue weighted by molar-refractivity contribution is -0.191. The Labute approximate surface area is 355 Å². The fraction of sp³-hybridized carbons (Fsp3) is 0.824. The highest BCUT2D eigenvalue weighted by atomic mass is 16.6. The van der Waals surface area contributed by atoms with E-state index in [-0.39, 0.29) is 37.1 Å². The number of aliphatic carboxylic acids is 1. The van der Waals surface area contributed by atoms with Gasteiger partial charge in [0.25, 0.3) is 0 Å². The van der Waals surface area contributed by atoms with Gasteiger partial charge in [0.2, 0.25) is 0 Å². The number of rotatable bonds is 16. The lowest BCUT2D eigenvalue weighted by Gasteiger charge is -2.61. The molecule has 1 N–H and O–H groups in total. The van der Waals surface area contributed by atoms with Crippen LogP contribution in [0.4, 0.5) is 0 Å². The van der Waals surface area contributed by atoms with Crippen LogP contribution < -0.4 is 0 Å². The van der Waals surface area contributed by atoms with Crippen molar-refractivity contribution in [1.82, 2.24) is 0 Å². The summed E-state index contributed by atoms with van der Waals surface area (Å²) < 4.78 is 25.9. The van der Waals surface area contributed by atoms with Gasteiger partial charge >= 0.3 is 17.9 Å². The summed E-state index contributed by atoms with van der Waals surface area (Å²) in [7, 11) is 0. The Morgan fingerprint density at radius 1 is 0.729 bits per heavy atom. The van der Waals surface area contributed by atoms with Crippen molar-refractivity contribution in [3.63, 3.8) is 0 Å². The quantitative estimate of drug-likeness (QED) is 0.164. The summed E-state index contributed by atoms with van der Waals surface area (Å²) >= 11 is 0. The third-order valence-electron chi connectivity index (χ3n) is 18.3. The Morgan fingerprint density at radius 2 is 1.46 bits per heavy atom. The summed E-state index contributed by atoms with van der Waals surface area (Å²) in [5, 5.41) is 9.27. The first-order chi connectivity index (χ1) is 28.3. The molecule has 59 heavy (non-hydrogen) atoms. The van der Waals surface area contributed by atoms with E-state index in [9.17, 15) is 19.5 Å². The normalized spacial score (nSPS) is 38.1. The number of carbonyl (C=O) groups excluding carboxylic acids is 2. The molecule has 0 aromatic heterocycles. The van der Waals surface area contributed by atoms with Crippen LogP contribution in [0.1, 0.15) is 169 Å². The summed E-state index contributed by atoms with van der Waals surface area (Å²) in [5.74, 6) is 3.69. The predicted octanol–water partition coefficient (Wildman–Crippen LogP) is 11.1. The Hall–Kier alpha value is -2.45. The van der Waals surface area contributed by atoms with E-state index in [1.54, 1.807) is 0 Å². The fourth-order valence-corrected chi connectivity index (χ4v) is 14.7. The van der Waals surface area contributed by atoms with Crippen LogP contribution in [-0.2, 0) is 39.9 Å². The second-order valence-corrected chi connectivity index (χ2v) is 22.0. The monoisotopic (exact) mass is 817 g/mol. The smallest absolute Gasteiger partial charge is 0.332 e. The van der Waals surface area contributed by atoms with E-state index in [0.717, 1.165) is 92.4 Å². The zero-order valence-corrected chi connectivity index (χ0v) is 37.1. The van der Waals surface area contributed by atoms with Crippen LogP contribution >= 0.6 is 0 Å². The minimum atomic E-state index is -1.03. The molecule has 0 aliphatic heterocycles. The molecule has 1 aromatic rings. The molecule has 0 radical (unpaired) electrons. The molecule has 0 saturated heterocycles. The van der Waals surface area contributed by atoms with Crippen LogP contribution in [0.15, 0.2) is 30.3 Å². The van der Waals surface area contributed by atoms with E-state index >= 15 is 0 Å². The van der Waals surface area contributed by atoms with Crippen molar-refractivity contribution in [2.45, 2.75) is 194 Å². The van der Waals surface area contributed by atoms with Gasteiger partial charge in [0.1, 0.15) is 18.8 Å². The van der Waals surface area contributed by atoms with Crippen LogP contribution in [0.3, 0.4) is 0 Å². The van der Waals surface area contributed by atoms with E-state index in [1.807, 2.05) is 18.2 Å². The molecule has 12 atom stereocenters. The molecular weight excluding hydrogens is 741 g/mol. The number of fused-ring (bicyclic) bond motifs is 5. The first kappa shape index (κ1) is 43.2. The molecule has 0 heterocycles. The minimum Gasteiger partial charge on any atom is -0.481 e. The SMILES string of the molecule is CC(C)CCCC(C)C1CCC2C3CCC4C[C@@H](OCC(=O)O[C@H]5[C@H](OC(=O)CCC(=O)O)C6(CC[C@@H](OCc7ccccc7)C57CC7)CC6)CC[C@]4(C)C3CC[C@]12C. The van der Waals surface area contributed by atoms with Gasteiger partial charge in [-0.25, -0.2) is 4.79 Å². The third-order valence-corrected chi connectivity index (χ3v) is 18.3. The Kier molecular flexibility index (Phi) is 12.7. The van der Waals surface area contributed by atoms with Crippen LogP contribution in [0.5, 0.6) is 0 Å². The second-order valence-electron chi connectivity index (χ2n) is 22.0. The number of esters is 2. The summed E-state index contributed by atoms with van der Waals surface area (Å²) in [5.41, 5.74) is 1.22. The fourth-order valence-electron chi connectivity index (χ4n) is 14.7. The van der Waals surface area contributed by atoms with E-state index < -0.39 is 35.5 Å². The number of hydrogen-bond donors (Lipinski definition) is 1. The number of ether oxygens (including phenoxy) is 4. The highest BCUT2D eigenvalue weighted by Crippen LogP contribution is 2.69. The van der Waals surface area contributed by atoms with Gasteiger partial charge in [-0.05, 0) is 154 Å². The van der Waals surface area contributed by atoms with Crippen LogP contribution in [0.25, 0.3) is 0 Å². The van der Waals surface area contributed by atoms with Crippen LogP contribution in [0, 0.1) is 63.1 Å². The molecule has 8 rings (SSSR count). The molecule has 7 saturated carbocycles. The number of benzene rings is 1. The van der Waals surface area contributed by atoms with Gasteiger partial charge in [-0.15, -0.1) is 0 Å². The van der Waals surface area contributed by atoms with Gasteiger partial charge in [-0.1, -0.05) is 84.2 Å². The Morgan fingerprint density at radius 3 is 2.17 bits per heavy atom. The molecule has 7 aliphatic carbocycles. The van der Waals surface area contributed by atoms with Gasteiger partial charge < -0.3 is 24.1 Å². The van der Waals surface area contributed by atoms with Gasteiger partial charge in [0.15, 0.2) is 0 Å². The maximum atomic E-state index is 14.0. The zero-order chi connectivity index (χ0) is 41.6. The Bertz CT molecular complexity index is 1630. The predicted molar refractivity (Wildman–Crippen MR) is 227 cm³/mol. The maximum absolute atomic E-state index is 14.0. The van der Waals surface area contributed by atoms with Gasteiger partial charge in [0, 0.05) is 10.8 Å². The first-order valence-electron chi connectivity index (χ1n) is 24.1. The lowest BCUT2D eigenvalue weighted by atomic mass is 9.44. The topological polar surface area (TPSA) is 108 Å². The molecule has 1 aromatic carbocycles. The van der Waals surface area contributed by atoms with Crippen molar-refractivity contribution >= 4 is 17.9 Å². The minimum absolute atomic E-state index is 0.0407. The molecule has 8 nitrogen and oxygen atoms in total. The molecule has 2 spiro atoms. The van der Waals surface area contributed by atoms with Crippen molar-refractivity contribution < 1.29 is 38.4 Å². The van der Waals surface area contributed by atoms with Crippen LogP contribution in [0.2, 0.25) is 0 Å². The Balaban J connectivity index is 0.897. The first-order valence-corrected chi connectivity index (χ1v) is 24.1. The van der Waals surface area contributed by atoms with Crippen molar-refractivity contribution in [3.8, 4) is 0 Å². The van der Waals surface area contributed by atoms with E-state index in [4.69, 9.17) is 18.9 Å². The highest BCUT2D eigenvalue weighted by molar-refractivity contribution is 5.77. The zero-order valence-electron chi connectivity index (χ0n) is 37.1. The molecule has 6 unspecified atom stereocenters. The highest BCUT2D eigenvalue weighted by Gasteiger charge is 2.69. The van der Waals surface area contributed by atoms with Gasteiger partial charge in [0.05, 0.1) is 31.7 Å². The number of carbonyl (C=O) groups is 3. The average molecular weight is 817 g/mol. The number of hydrogen-bond acceptors (Lipinski definition) is 7. The summed E-state index contributed by atoms with van der Waals surface area (Å²) in [4.78, 5) is 38.4. The standard InChI is InChI=1S/C51H76O8/c1-33(2)10-9-11-34(3)39-16-17-40-38-15-14-36-30-37(20-23-48(36,4)41(38)21-24-49(39,40)5)56-32-45(55)59-47-46(58-44(54)19-18-43(52)53)50(26-27-50)25-22-42(51(47)28-29-51)57-31-35-12-7-6-8-13-35/h6-8,12-13,33-34,36-42,46-47H,9-11,14-32H2,1-5H3,(H,52,53)/t34?,36?,37-,38?,39?,40?,41?,42+,46-,47-,48-,49+/m0/s1.